The lowest BCUT2D eigenvalue weighted by Crippen LogP contribution is -2.17. The molecule has 0 fully saturated rings. The number of carbonyl (C=O) groups is 1. The van der Waals surface area contributed by atoms with Crippen LogP contribution in [0.2, 0.25) is 0 Å². The van der Waals surface area contributed by atoms with E-state index < -0.39 is 5.97 Å². The number of nitrogens with zero attached hydrogens (tertiary/aromatic N) is 4. The highest BCUT2D eigenvalue weighted by molar-refractivity contribution is 7.13. The second-order valence-corrected chi connectivity index (χ2v) is 5.04. The summed E-state index contributed by atoms with van der Waals surface area (Å²) < 4.78 is 0. The number of thiazole rings is 1. The van der Waals surface area contributed by atoms with E-state index in [1.54, 1.807) is 0 Å². The molecule has 0 unspecified atom stereocenters. The highest BCUT2D eigenvalue weighted by Crippen LogP contribution is 2.21. The van der Waals surface area contributed by atoms with Gasteiger partial charge in [-0.1, -0.05) is 0 Å². The Morgan fingerprint density at radius 3 is 2.95 bits per heavy atom. The Kier molecular flexibility index (Phi) is 4.10. The summed E-state index contributed by atoms with van der Waals surface area (Å²) in [5.41, 5.74) is 0.806. The number of carboxylic acid groups (broad SMARTS) is 1. The Balaban J connectivity index is 1.95. The molecule has 0 amide bonds. The van der Waals surface area contributed by atoms with E-state index in [4.69, 9.17) is 5.11 Å². The van der Waals surface area contributed by atoms with Gasteiger partial charge in [-0.15, -0.1) is 11.3 Å². The second kappa shape index (κ2) is 5.79. The maximum atomic E-state index is 10.5. The quantitative estimate of drug-likeness (QED) is 0.826. The van der Waals surface area contributed by atoms with E-state index in [0.29, 0.717) is 18.8 Å². The summed E-state index contributed by atoms with van der Waals surface area (Å²) in [7, 11) is 1.91. The molecule has 0 bridgehead atoms. The maximum Gasteiger partial charge on any atom is 0.303 e. The molecule has 2 rings (SSSR count). The van der Waals surface area contributed by atoms with Crippen LogP contribution in [0.4, 0.5) is 5.13 Å². The van der Waals surface area contributed by atoms with Crippen LogP contribution in [0.3, 0.4) is 0 Å². The Morgan fingerprint density at radius 2 is 2.32 bits per heavy atom. The minimum absolute atomic E-state index is 0.104. The smallest absolute Gasteiger partial charge is 0.303 e. The van der Waals surface area contributed by atoms with Crippen molar-refractivity contribution in [2.45, 2.75) is 26.3 Å². The van der Waals surface area contributed by atoms with Gasteiger partial charge in [0.05, 0.1) is 18.7 Å². The van der Waals surface area contributed by atoms with E-state index in [1.807, 2.05) is 24.3 Å². The second-order valence-electron chi connectivity index (χ2n) is 4.21. The lowest BCUT2D eigenvalue weighted by molar-refractivity contribution is -0.136. The Labute approximate surface area is 114 Å². The fraction of sp³-hybridized carbons (Fsp3) is 0.455. The van der Waals surface area contributed by atoms with Crippen molar-refractivity contribution in [3.63, 3.8) is 0 Å². The van der Waals surface area contributed by atoms with Crippen LogP contribution in [-0.2, 0) is 17.8 Å². The predicted octanol–water partition coefficient (Wildman–Crippen LogP) is 1.22. The number of H-pyrrole nitrogens is 1. The van der Waals surface area contributed by atoms with Gasteiger partial charge in [0.15, 0.2) is 11.0 Å². The van der Waals surface area contributed by atoms with E-state index in [2.05, 4.69) is 20.2 Å². The first-order valence-electron chi connectivity index (χ1n) is 5.80. The van der Waals surface area contributed by atoms with Gasteiger partial charge in [0.1, 0.15) is 5.82 Å². The van der Waals surface area contributed by atoms with E-state index in [1.165, 1.54) is 11.3 Å². The van der Waals surface area contributed by atoms with Crippen molar-refractivity contribution in [2.24, 2.45) is 0 Å². The summed E-state index contributed by atoms with van der Waals surface area (Å²) in [6.45, 7) is 2.42. The summed E-state index contributed by atoms with van der Waals surface area (Å²) in [6.07, 6.45) is 0.562. The zero-order valence-corrected chi connectivity index (χ0v) is 11.6. The molecule has 0 spiro atoms. The molecule has 19 heavy (non-hydrogen) atoms. The number of hydrogen-bond acceptors (Lipinski definition) is 6. The van der Waals surface area contributed by atoms with Gasteiger partial charge < -0.3 is 10.0 Å². The molecule has 0 saturated heterocycles. The van der Waals surface area contributed by atoms with Gasteiger partial charge >= 0.3 is 5.97 Å². The monoisotopic (exact) mass is 281 g/mol. The van der Waals surface area contributed by atoms with Gasteiger partial charge in [-0.3, -0.25) is 9.89 Å². The van der Waals surface area contributed by atoms with E-state index in [9.17, 15) is 4.79 Å². The van der Waals surface area contributed by atoms with Gasteiger partial charge in [-0.25, -0.2) is 9.97 Å². The number of carboxylic acids is 1. The van der Waals surface area contributed by atoms with Gasteiger partial charge in [-0.2, -0.15) is 5.10 Å². The van der Waals surface area contributed by atoms with Crippen molar-refractivity contribution in [3.05, 3.63) is 22.7 Å². The molecule has 0 saturated carbocycles. The van der Waals surface area contributed by atoms with Crippen molar-refractivity contribution in [1.29, 1.82) is 0 Å². The third-order valence-corrected chi connectivity index (χ3v) is 3.49. The summed E-state index contributed by atoms with van der Waals surface area (Å²) in [5.74, 6) is 0.686. The average Bonchev–Trinajstić information content (AvgIpc) is 2.95. The molecule has 2 N–H and O–H groups in total. The van der Waals surface area contributed by atoms with Crippen LogP contribution in [0.15, 0.2) is 5.38 Å². The standard InChI is InChI=1S/C11H15N5O2S/c1-7-12-9(15-14-7)5-16(2)11-13-8(6-19-11)3-4-10(17)18/h6H,3-5H2,1-2H3,(H,17,18)(H,12,14,15). The maximum absolute atomic E-state index is 10.5. The first-order valence-corrected chi connectivity index (χ1v) is 6.68. The lowest BCUT2D eigenvalue weighted by atomic mass is 10.2. The molecule has 0 aliphatic rings. The molecular formula is C11H15N5O2S. The minimum Gasteiger partial charge on any atom is -0.481 e. The Hall–Kier alpha value is -1.96. The Morgan fingerprint density at radius 1 is 1.53 bits per heavy atom. The topological polar surface area (TPSA) is 95.0 Å². The summed E-state index contributed by atoms with van der Waals surface area (Å²) in [5, 5.41) is 18.2. The molecule has 0 radical (unpaired) electrons. The summed E-state index contributed by atoms with van der Waals surface area (Å²) >= 11 is 1.49. The van der Waals surface area contributed by atoms with Crippen LogP contribution in [0.1, 0.15) is 23.8 Å². The van der Waals surface area contributed by atoms with Gasteiger partial charge in [0.2, 0.25) is 0 Å². The Bertz CT molecular complexity index is 565. The number of rotatable bonds is 6. The van der Waals surface area contributed by atoms with E-state index in [-0.39, 0.29) is 6.42 Å². The average molecular weight is 281 g/mol. The molecule has 8 heteroatoms. The van der Waals surface area contributed by atoms with E-state index in [0.717, 1.165) is 16.6 Å². The number of aromatic nitrogens is 4. The number of aliphatic carboxylic acids is 1. The number of aryl methyl sites for hydroxylation is 2. The summed E-state index contributed by atoms with van der Waals surface area (Å²) in [4.78, 5) is 21.1. The minimum atomic E-state index is -0.806. The largest absolute Gasteiger partial charge is 0.481 e. The third kappa shape index (κ3) is 3.75. The molecule has 2 aromatic heterocycles. The molecule has 7 nitrogen and oxygen atoms in total. The fourth-order valence-corrected chi connectivity index (χ4v) is 2.39. The molecule has 0 atom stereocenters. The lowest BCUT2D eigenvalue weighted by Gasteiger charge is -2.12. The van der Waals surface area contributed by atoms with Crippen LogP contribution in [-0.4, -0.2) is 38.3 Å². The van der Waals surface area contributed by atoms with Crippen LogP contribution >= 0.6 is 11.3 Å². The summed E-state index contributed by atoms with van der Waals surface area (Å²) in [6, 6.07) is 0. The van der Waals surface area contributed by atoms with Crippen molar-refractivity contribution >= 4 is 22.4 Å². The number of nitrogens with one attached hydrogen (secondary N) is 1. The highest BCUT2D eigenvalue weighted by Gasteiger charge is 2.10. The van der Waals surface area contributed by atoms with Crippen LogP contribution in [0.25, 0.3) is 0 Å². The van der Waals surface area contributed by atoms with Gasteiger partial charge in [0, 0.05) is 18.8 Å². The normalized spacial score (nSPS) is 10.6. The molecule has 0 aliphatic heterocycles. The molecule has 0 aliphatic carbocycles. The number of aromatic amines is 1. The molecule has 2 heterocycles. The van der Waals surface area contributed by atoms with Crippen molar-refractivity contribution < 1.29 is 9.90 Å². The number of anilines is 1. The molecular weight excluding hydrogens is 266 g/mol. The van der Waals surface area contributed by atoms with Gasteiger partial charge in [0.25, 0.3) is 0 Å². The molecule has 0 aromatic carbocycles. The third-order valence-electron chi connectivity index (χ3n) is 2.48. The zero-order valence-electron chi connectivity index (χ0n) is 10.8. The first kappa shape index (κ1) is 13.5. The molecule has 102 valence electrons. The highest BCUT2D eigenvalue weighted by atomic mass is 32.1. The number of hydrogen-bond donors (Lipinski definition) is 2. The van der Waals surface area contributed by atoms with Crippen LogP contribution < -0.4 is 4.90 Å². The van der Waals surface area contributed by atoms with Crippen molar-refractivity contribution in [1.82, 2.24) is 20.2 Å². The van der Waals surface area contributed by atoms with Crippen molar-refractivity contribution in [2.75, 3.05) is 11.9 Å². The van der Waals surface area contributed by atoms with Crippen LogP contribution in [0, 0.1) is 6.92 Å². The van der Waals surface area contributed by atoms with Crippen LogP contribution in [0.5, 0.6) is 0 Å². The van der Waals surface area contributed by atoms with Crippen molar-refractivity contribution in [3.8, 4) is 0 Å². The first-order chi connectivity index (χ1) is 9.04. The van der Waals surface area contributed by atoms with Gasteiger partial charge in [-0.05, 0) is 6.92 Å². The fourth-order valence-electron chi connectivity index (χ4n) is 1.56. The SMILES string of the molecule is Cc1nc(CN(C)c2nc(CCC(=O)O)cs2)n[nH]1. The molecule has 2 aromatic rings. The zero-order chi connectivity index (χ0) is 13.8. The predicted molar refractivity (Wildman–Crippen MR) is 71.3 cm³/mol. The van der Waals surface area contributed by atoms with E-state index >= 15 is 0 Å².